The molecule has 3 rings (SSSR count). The van der Waals surface area contributed by atoms with Crippen molar-refractivity contribution in [3.63, 3.8) is 0 Å². The van der Waals surface area contributed by atoms with Crippen molar-refractivity contribution in [1.82, 2.24) is 14.8 Å². The molecule has 1 aromatic heterocycles. The monoisotopic (exact) mass is 285 g/mol. The van der Waals surface area contributed by atoms with E-state index in [2.05, 4.69) is 59.9 Å². The molecule has 1 aromatic carbocycles. The fourth-order valence-electron chi connectivity index (χ4n) is 3.35. The van der Waals surface area contributed by atoms with Crippen LogP contribution in [0.1, 0.15) is 31.0 Å². The highest BCUT2D eigenvalue weighted by Gasteiger charge is 2.27. The number of aromatic nitrogens is 1. The molecule has 1 fully saturated rings. The van der Waals surface area contributed by atoms with E-state index < -0.39 is 0 Å². The number of benzene rings is 1. The molecule has 3 heteroatoms. The average molecular weight is 285 g/mol. The summed E-state index contributed by atoms with van der Waals surface area (Å²) in [6, 6.07) is 9.54. The molecule has 114 valence electrons. The number of nitrogens with one attached hydrogen (secondary N) is 1. The molecule has 0 spiro atoms. The first-order valence-corrected chi connectivity index (χ1v) is 8.20. The van der Waals surface area contributed by atoms with Crippen molar-refractivity contribution in [3.05, 3.63) is 35.5 Å². The van der Waals surface area contributed by atoms with Crippen molar-refractivity contribution >= 4 is 10.9 Å². The summed E-state index contributed by atoms with van der Waals surface area (Å²) in [6.07, 6.45) is 2.80. The molecule has 0 atom stereocenters. The molecule has 21 heavy (non-hydrogen) atoms. The van der Waals surface area contributed by atoms with E-state index in [0.29, 0.717) is 0 Å². The van der Waals surface area contributed by atoms with Crippen LogP contribution in [0.15, 0.2) is 24.3 Å². The molecule has 1 aliphatic rings. The van der Waals surface area contributed by atoms with Crippen LogP contribution in [0.3, 0.4) is 0 Å². The molecule has 0 radical (unpaired) electrons. The van der Waals surface area contributed by atoms with Crippen LogP contribution in [0.4, 0.5) is 0 Å². The van der Waals surface area contributed by atoms with E-state index in [9.17, 15) is 0 Å². The molecule has 2 aromatic rings. The van der Waals surface area contributed by atoms with Crippen LogP contribution in [0, 0.1) is 6.92 Å². The van der Waals surface area contributed by atoms with Crippen LogP contribution in [0.5, 0.6) is 0 Å². The van der Waals surface area contributed by atoms with Gasteiger partial charge < -0.3 is 9.88 Å². The molecule has 0 aliphatic heterocycles. The summed E-state index contributed by atoms with van der Waals surface area (Å²) in [6.45, 7) is 8.89. The summed E-state index contributed by atoms with van der Waals surface area (Å²) in [5.74, 6) is 0. The summed E-state index contributed by atoms with van der Waals surface area (Å²) in [5.41, 5.74) is 4.15. The minimum absolute atomic E-state index is 0.871. The van der Waals surface area contributed by atoms with Crippen LogP contribution in [0.2, 0.25) is 0 Å². The van der Waals surface area contributed by atoms with Crippen molar-refractivity contribution in [3.8, 4) is 0 Å². The maximum Gasteiger partial charge on any atom is 0.0483 e. The van der Waals surface area contributed by atoms with Gasteiger partial charge in [-0.2, -0.15) is 0 Å². The van der Waals surface area contributed by atoms with Crippen LogP contribution >= 0.6 is 0 Å². The standard InChI is InChI=1S/C18H27N3/c1-4-21(15-9-10-15)12-11-19-13-18-14(2)16-7-5-6-8-17(16)20(18)3/h5-8,15,19H,4,9-13H2,1-3H3. The van der Waals surface area contributed by atoms with Crippen LogP contribution in [-0.4, -0.2) is 35.1 Å². The fourth-order valence-corrected chi connectivity index (χ4v) is 3.35. The zero-order valence-corrected chi connectivity index (χ0v) is 13.5. The lowest BCUT2D eigenvalue weighted by Crippen LogP contribution is -2.33. The number of hydrogen-bond acceptors (Lipinski definition) is 2. The first-order chi connectivity index (χ1) is 10.2. The van der Waals surface area contributed by atoms with Crippen molar-refractivity contribution in [2.45, 2.75) is 39.3 Å². The molecule has 3 nitrogen and oxygen atoms in total. The Labute approximate surface area is 127 Å². The second-order valence-corrected chi connectivity index (χ2v) is 6.18. The van der Waals surface area contributed by atoms with E-state index in [0.717, 1.165) is 19.1 Å². The van der Waals surface area contributed by atoms with Crippen molar-refractivity contribution in [2.24, 2.45) is 7.05 Å². The van der Waals surface area contributed by atoms with Gasteiger partial charge in [0.05, 0.1) is 0 Å². The zero-order valence-electron chi connectivity index (χ0n) is 13.5. The Bertz CT molecular complexity index is 571. The second kappa shape index (κ2) is 6.20. The van der Waals surface area contributed by atoms with Gasteiger partial charge in [0, 0.05) is 49.3 Å². The number of hydrogen-bond donors (Lipinski definition) is 1. The Morgan fingerprint density at radius 3 is 2.71 bits per heavy atom. The zero-order chi connectivity index (χ0) is 14.8. The molecule has 0 amide bonds. The third-order valence-corrected chi connectivity index (χ3v) is 4.84. The van der Waals surface area contributed by atoms with Gasteiger partial charge in [0.1, 0.15) is 0 Å². The SMILES string of the molecule is CCN(CCNCc1c(C)c2ccccc2n1C)C1CC1. The summed E-state index contributed by atoms with van der Waals surface area (Å²) in [7, 11) is 2.18. The molecule has 1 heterocycles. The van der Waals surface area contributed by atoms with Crippen molar-refractivity contribution in [2.75, 3.05) is 19.6 Å². The van der Waals surface area contributed by atoms with Gasteiger partial charge in [0.15, 0.2) is 0 Å². The number of nitrogens with zero attached hydrogens (tertiary/aromatic N) is 2. The van der Waals surface area contributed by atoms with Crippen molar-refractivity contribution < 1.29 is 0 Å². The Morgan fingerprint density at radius 2 is 2.05 bits per heavy atom. The highest BCUT2D eigenvalue weighted by molar-refractivity contribution is 5.85. The van der Waals surface area contributed by atoms with Gasteiger partial charge in [0.25, 0.3) is 0 Å². The Balaban J connectivity index is 1.60. The fraction of sp³-hybridized carbons (Fsp3) is 0.556. The summed E-state index contributed by atoms with van der Waals surface area (Å²) >= 11 is 0. The van der Waals surface area contributed by atoms with Crippen molar-refractivity contribution in [1.29, 1.82) is 0 Å². The van der Waals surface area contributed by atoms with Gasteiger partial charge in [-0.15, -0.1) is 0 Å². The second-order valence-electron chi connectivity index (χ2n) is 6.18. The smallest absolute Gasteiger partial charge is 0.0483 e. The van der Waals surface area contributed by atoms with Gasteiger partial charge in [0.2, 0.25) is 0 Å². The first-order valence-electron chi connectivity index (χ1n) is 8.20. The summed E-state index contributed by atoms with van der Waals surface area (Å²) < 4.78 is 2.33. The van der Waals surface area contributed by atoms with E-state index in [4.69, 9.17) is 0 Å². The third-order valence-electron chi connectivity index (χ3n) is 4.84. The molecule has 1 saturated carbocycles. The van der Waals surface area contributed by atoms with Crippen LogP contribution < -0.4 is 5.32 Å². The average Bonchev–Trinajstić information content (AvgIpc) is 3.31. The largest absolute Gasteiger partial charge is 0.346 e. The molecule has 0 saturated heterocycles. The maximum absolute atomic E-state index is 3.63. The van der Waals surface area contributed by atoms with Gasteiger partial charge in [-0.1, -0.05) is 25.1 Å². The van der Waals surface area contributed by atoms with E-state index in [1.807, 2.05) is 0 Å². The highest BCUT2D eigenvalue weighted by atomic mass is 15.2. The molecule has 0 unspecified atom stereocenters. The predicted molar refractivity (Wildman–Crippen MR) is 89.6 cm³/mol. The normalized spacial score (nSPS) is 15.2. The number of para-hydroxylation sites is 1. The summed E-state index contributed by atoms with van der Waals surface area (Å²) in [5, 5.41) is 5.01. The molecular weight excluding hydrogens is 258 g/mol. The van der Waals surface area contributed by atoms with Gasteiger partial charge >= 0.3 is 0 Å². The molecule has 1 N–H and O–H groups in total. The summed E-state index contributed by atoms with van der Waals surface area (Å²) in [4.78, 5) is 2.60. The van der Waals surface area contributed by atoms with Crippen LogP contribution in [-0.2, 0) is 13.6 Å². The minimum Gasteiger partial charge on any atom is -0.346 e. The van der Waals surface area contributed by atoms with Gasteiger partial charge in [-0.25, -0.2) is 0 Å². The minimum atomic E-state index is 0.871. The van der Waals surface area contributed by atoms with Gasteiger partial charge in [-0.3, -0.25) is 4.90 Å². The molecular formula is C18H27N3. The highest BCUT2D eigenvalue weighted by Crippen LogP contribution is 2.26. The third kappa shape index (κ3) is 2.99. The first kappa shape index (κ1) is 14.6. The lowest BCUT2D eigenvalue weighted by Gasteiger charge is -2.20. The predicted octanol–water partition coefficient (Wildman–Crippen LogP) is 3.06. The number of rotatable bonds is 7. The van der Waals surface area contributed by atoms with E-state index >= 15 is 0 Å². The topological polar surface area (TPSA) is 20.2 Å². The Hall–Kier alpha value is -1.32. The Morgan fingerprint density at radius 1 is 1.29 bits per heavy atom. The van der Waals surface area contributed by atoms with Gasteiger partial charge in [-0.05, 0) is 37.9 Å². The van der Waals surface area contributed by atoms with E-state index in [1.54, 1.807) is 0 Å². The number of likely N-dealkylation sites (N-methyl/N-ethyl adjacent to an activating group) is 1. The van der Waals surface area contributed by atoms with Crippen LogP contribution in [0.25, 0.3) is 10.9 Å². The number of aryl methyl sites for hydroxylation is 2. The molecule has 1 aliphatic carbocycles. The van der Waals surface area contributed by atoms with E-state index in [-0.39, 0.29) is 0 Å². The lowest BCUT2D eigenvalue weighted by atomic mass is 10.1. The maximum atomic E-state index is 3.63. The lowest BCUT2D eigenvalue weighted by molar-refractivity contribution is 0.276. The quantitative estimate of drug-likeness (QED) is 0.789. The number of fused-ring (bicyclic) bond motifs is 1. The van der Waals surface area contributed by atoms with E-state index in [1.165, 1.54) is 48.1 Å². The molecule has 0 bridgehead atoms. The Kier molecular flexibility index (Phi) is 4.32.